The Morgan fingerprint density at radius 2 is 1.94 bits per heavy atom. The number of amides is 1. The zero-order chi connectivity index (χ0) is 24.3. The first-order valence-corrected chi connectivity index (χ1v) is 11.8. The minimum Gasteiger partial charge on any atom is -0.495 e. The third-order valence-electron chi connectivity index (χ3n) is 5.99. The number of aromatic nitrogens is 2. The van der Waals surface area contributed by atoms with Crippen LogP contribution in [0.5, 0.6) is 5.75 Å². The predicted octanol–water partition coefficient (Wildman–Crippen LogP) is 4.65. The fraction of sp³-hybridized carbons (Fsp3) is 0.346. The Balaban J connectivity index is 1.56. The number of nitrogens with zero attached hydrogens (tertiary/aromatic N) is 3. The van der Waals surface area contributed by atoms with Crippen molar-refractivity contribution >= 4 is 28.9 Å². The van der Waals surface area contributed by atoms with Crippen LogP contribution in [0.3, 0.4) is 0 Å². The molecule has 7 nitrogen and oxygen atoms in total. The van der Waals surface area contributed by atoms with Crippen molar-refractivity contribution in [1.29, 1.82) is 0 Å². The normalized spacial score (nSPS) is 18.0. The number of methoxy groups -OCH3 is 1. The van der Waals surface area contributed by atoms with Crippen molar-refractivity contribution in [3.63, 3.8) is 0 Å². The molecule has 0 unspecified atom stereocenters. The van der Waals surface area contributed by atoms with Gasteiger partial charge in [-0.1, -0.05) is 18.2 Å². The minimum atomic E-state index is -0.109. The number of hydrogen-bond acceptors (Lipinski definition) is 4. The third-order valence-corrected chi connectivity index (χ3v) is 6.34. The summed E-state index contributed by atoms with van der Waals surface area (Å²) in [7, 11) is 1.59. The number of anilines is 1. The molecule has 0 radical (unpaired) electrons. The maximum atomic E-state index is 12.8. The van der Waals surface area contributed by atoms with Crippen molar-refractivity contribution in [2.45, 2.75) is 44.8 Å². The Kier molecular flexibility index (Phi) is 6.88. The van der Waals surface area contributed by atoms with E-state index in [1.165, 1.54) is 0 Å². The molecule has 2 aromatic heterocycles. The second-order valence-electron chi connectivity index (χ2n) is 9.34. The van der Waals surface area contributed by atoms with Crippen molar-refractivity contribution in [3.05, 3.63) is 78.4 Å². The molecule has 0 spiro atoms. The third kappa shape index (κ3) is 5.07. The number of nitrogens with one attached hydrogen (secondary N) is 2. The van der Waals surface area contributed by atoms with Crippen molar-refractivity contribution in [1.82, 2.24) is 19.8 Å². The van der Waals surface area contributed by atoms with Crippen LogP contribution in [0.2, 0.25) is 0 Å². The number of thiocarbonyl (C=S) groups is 1. The highest BCUT2D eigenvalue weighted by atomic mass is 32.1. The molecule has 0 bridgehead atoms. The van der Waals surface area contributed by atoms with E-state index in [4.69, 9.17) is 17.0 Å². The minimum absolute atomic E-state index is 0.0370. The second-order valence-corrected chi connectivity index (χ2v) is 9.73. The van der Waals surface area contributed by atoms with Gasteiger partial charge >= 0.3 is 0 Å². The van der Waals surface area contributed by atoms with Crippen LogP contribution in [0.1, 0.15) is 50.5 Å². The standard InChI is InChI=1S/C26H31N5O2S/c1-26(2,3)30-15-12-18(17-30)24-23(20-10-7-8-14-27-20)29-25(34)31(24)16-13-22(32)28-19-9-5-6-11-21(19)33-4/h5-12,14-15,17,23-24H,13,16H2,1-4H3,(H,28,32)(H,29,34)/t23-,24-/m0/s1. The van der Waals surface area contributed by atoms with Crippen LogP contribution in [-0.2, 0) is 10.3 Å². The monoisotopic (exact) mass is 477 g/mol. The van der Waals surface area contributed by atoms with E-state index in [0.29, 0.717) is 23.1 Å². The van der Waals surface area contributed by atoms with Crippen molar-refractivity contribution in [3.8, 4) is 5.75 Å². The number of rotatable bonds is 7. The number of ether oxygens (including phenoxy) is 1. The lowest BCUT2D eigenvalue weighted by molar-refractivity contribution is -0.116. The smallest absolute Gasteiger partial charge is 0.226 e. The summed E-state index contributed by atoms with van der Waals surface area (Å²) >= 11 is 5.72. The van der Waals surface area contributed by atoms with Gasteiger partial charge in [-0.25, -0.2) is 0 Å². The summed E-state index contributed by atoms with van der Waals surface area (Å²) in [5.74, 6) is 0.533. The first-order chi connectivity index (χ1) is 16.3. The molecule has 3 heterocycles. The maximum absolute atomic E-state index is 12.8. The number of hydrogen-bond donors (Lipinski definition) is 2. The van der Waals surface area contributed by atoms with Crippen LogP contribution < -0.4 is 15.4 Å². The Bertz CT molecular complexity index is 1160. The fourth-order valence-electron chi connectivity index (χ4n) is 4.20. The average molecular weight is 478 g/mol. The zero-order valence-electron chi connectivity index (χ0n) is 20.0. The fourth-order valence-corrected chi connectivity index (χ4v) is 4.53. The SMILES string of the molecule is COc1ccccc1NC(=O)CCN1C(=S)N[C@@H](c2ccccn2)[C@@H]1c1ccn(C(C)(C)C)c1. The molecule has 1 fully saturated rings. The van der Waals surface area contributed by atoms with Crippen LogP contribution in [0.15, 0.2) is 67.1 Å². The predicted molar refractivity (Wildman–Crippen MR) is 138 cm³/mol. The summed E-state index contributed by atoms with van der Waals surface area (Å²) in [5, 5.41) is 7.01. The lowest BCUT2D eigenvalue weighted by Gasteiger charge is -2.27. The van der Waals surface area contributed by atoms with Gasteiger partial charge in [-0.3, -0.25) is 9.78 Å². The van der Waals surface area contributed by atoms with Gasteiger partial charge in [0, 0.05) is 37.1 Å². The second kappa shape index (κ2) is 9.85. The van der Waals surface area contributed by atoms with Gasteiger partial charge in [-0.2, -0.15) is 0 Å². The molecule has 4 rings (SSSR count). The van der Waals surface area contributed by atoms with Crippen molar-refractivity contribution < 1.29 is 9.53 Å². The largest absolute Gasteiger partial charge is 0.495 e. The van der Waals surface area contributed by atoms with E-state index >= 15 is 0 Å². The van der Waals surface area contributed by atoms with Crippen LogP contribution >= 0.6 is 12.2 Å². The van der Waals surface area contributed by atoms with Crippen LogP contribution in [0.4, 0.5) is 5.69 Å². The molecule has 1 saturated heterocycles. The molecule has 1 aliphatic rings. The summed E-state index contributed by atoms with van der Waals surface area (Å²) in [4.78, 5) is 19.5. The van der Waals surface area contributed by atoms with Gasteiger partial charge in [0.05, 0.1) is 30.6 Å². The molecule has 1 aliphatic heterocycles. The van der Waals surface area contributed by atoms with Gasteiger partial charge in [-0.05, 0) is 68.9 Å². The number of carbonyl (C=O) groups is 1. The molecule has 0 saturated carbocycles. The highest BCUT2D eigenvalue weighted by Gasteiger charge is 2.40. The Morgan fingerprint density at radius 3 is 2.62 bits per heavy atom. The number of pyridine rings is 1. The lowest BCUT2D eigenvalue weighted by atomic mass is 9.99. The molecular formula is C26H31N5O2S. The molecule has 2 atom stereocenters. The average Bonchev–Trinajstić information content (AvgIpc) is 3.43. The van der Waals surface area contributed by atoms with Gasteiger partial charge in [0.1, 0.15) is 5.75 Å². The molecule has 0 aliphatic carbocycles. The van der Waals surface area contributed by atoms with E-state index in [2.05, 4.69) is 64.3 Å². The van der Waals surface area contributed by atoms with Gasteiger partial charge in [0.15, 0.2) is 5.11 Å². The lowest BCUT2D eigenvalue weighted by Crippen LogP contribution is -2.32. The summed E-state index contributed by atoms with van der Waals surface area (Å²) < 4.78 is 7.54. The van der Waals surface area contributed by atoms with Crippen molar-refractivity contribution in [2.75, 3.05) is 19.0 Å². The summed E-state index contributed by atoms with van der Waals surface area (Å²) in [6.45, 7) is 6.99. The number of para-hydroxylation sites is 2. The van der Waals surface area contributed by atoms with E-state index in [1.807, 2.05) is 42.5 Å². The van der Waals surface area contributed by atoms with Crippen LogP contribution in [-0.4, -0.2) is 39.1 Å². The zero-order valence-corrected chi connectivity index (χ0v) is 20.8. The Hall–Kier alpha value is -3.39. The molecule has 1 amide bonds. The van der Waals surface area contributed by atoms with Crippen LogP contribution in [0, 0.1) is 0 Å². The summed E-state index contributed by atoms with van der Waals surface area (Å²) in [5.41, 5.74) is 2.66. The van der Waals surface area contributed by atoms with Gasteiger partial charge in [0.2, 0.25) is 5.91 Å². The highest BCUT2D eigenvalue weighted by molar-refractivity contribution is 7.80. The number of benzene rings is 1. The molecule has 178 valence electrons. The van der Waals surface area contributed by atoms with E-state index in [9.17, 15) is 4.79 Å². The first kappa shape index (κ1) is 23.8. The van der Waals surface area contributed by atoms with E-state index in [1.54, 1.807) is 13.3 Å². The van der Waals surface area contributed by atoms with Crippen molar-refractivity contribution in [2.24, 2.45) is 0 Å². The maximum Gasteiger partial charge on any atom is 0.226 e. The van der Waals surface area contributed by atoms with Gasteiger partial charge in [0.25, 0.3) is 0 Å². The topological polar surface area (TPSA) is 71.4 Å². The molecule has 8 heteroatoms. The summed E-state index contributed by atoms with van der Waals surface area (Å²) in [6, 6.07) is 15.2. The molecule has 3 aromatic rings. The molecular weight excluding hydrogens is 446 g/mol. The molecule has 1 aromatic carbocycles. The van der Waals surface area contributed by atoms with Crippen LogP contribution in [0.25, 0.3) is 0 Å². The first-order valence-electron chi connectivity index (χ1n) is 11.4. The molecule has 2 N–H and O–H groups in total. The van der Waals surface area contributed by atoms with Gasteiger partial charge in [-0.15, -0.1) is 0 Å². The number of carbonyl (C=O) groups excluding carboxylic acids is 1. The Labute approximate surface area is 206 Å². The van der Waals surface area contributed by atoms with E-state index in [-0.39, 0.29) is 30.0 Å². The summed E-state index contributed by atoms with van der Waals surface area (Å²) in [6.07, 6.45) is 6.34. The van der Waals surface area contributed by atoms with E-state index in [0.717, 1.165) is 11.3 Å². The highest BCUT2D eigenvalue weighted by Crippen LogP contribution is 2.39. The van der Waals surface area contributed by atoms with Gasteiger partial charge < -0.3 is 24.8 Å². The quantitative estimate of drug-likeness (QED) is 0.483. The van der Waals surface area contributed by atoms with E-state index < -0.39 is 0 Å². The molecule has 34 heavy (non-hydrogen) atoms. The Morgan fingerprint density at radius 1 is 1.18 bits per heavy atom.